The number of carbonyl (C=O) groups is 1. The van der Waals surface area contributed by atoms with Gasteiger partial charge in [-0.3, -0.25) is 4.79 Å². The third-order valence-electron chi connectivity index (χ3n) is 3.95. The molecule has 1 atom stereocenters. The molecular weight excluding hydrogens is 387 g/mol. The van der Waals surface area contributed by atoms with Crippen LogP contribution in [0.3, 0.4) is 0 Å². The number of rotatable bonds is 8. The van der Waals surface area contributed by atoms with Gasteiger partial charge in [-0.2, -0.15) is 16.5 Å². The number of amides is 1. The number of benzene rings is 2. The maximum absolute atomic E-state index is 13.3. The zero-order chi connectivity index (χ0) is 20.0. The van der Waals surface area contributed by atoms with Gasteiger partial charge in [-0.15, -0.1) is 0 Å². The van der Waals surface area contributed by atoms with Gasteiger partial charge in [-0.25, -0.2) is 12.8 Å². The molecule has 0 aliphatic heterocycles. The highest BCUT2D eigenvalue weighted by molar-refractivity contribution is 7.98. The highest BCUT2D eigenvalue weighted by Crippen LogP contribution is 2.18. The van der Waals surface area contributed by atoms with Crippen molar-refractivity contribution in [3.8, 4) is 0 Å². The number of sulfonamides is 1. The normalized spacial score (nSPS) is 12.6. The molecule has 0 aromatic heterocycles. The number of nitrogens with one attached hydrogen (secondary N) is 2. The van der Waals surface area contributed by atoms with Crippen molar-refractivity contribution in [1.29, 1.82) is 0 Å². The van der Waals surface area contributed by atoms with Crippen molar-refractivity contribution >= 4 is 33.4 Å². The second-order valence-corrected chi connectivity index (χ2v) is 8.89. The second-order valence-electron chi connectivity index (χ2n) is 6.22. The van der Waals surface area contributed by atoms with Crippen LogP contribution in [-0.2, 0) is 14.8 Å². The van der Waals surface area contributed by atoms with E-state index in [0.717, 1.165) is 5.56 Å². The SMILES string of the molecule is CSCC[C@@H](NS(=O)(=O)c1cc(C)ccc1C)C(=O)Nc1cccc(F)c1. The first kappa shape index (κ1) is 21.4. The third-order valence-corrected chi connectivity index (χ3v) is 6.21. The summed E-state index contributed by atoms with van der Waals surface area (Å²) in [5.74, 6) is -0.413. The smallest absolute Gasteiger partial charge is 0.242 e. The molecule has 0 bridgehead atoms. The molecule has 5 nitrogen and oxygen atoms in total. The van der Waals surface area contributed by atoms with Crippen LogP contribution in [0.5, 0.6) is 0 Å². The topological polar surface area (TPSA) is 75.3 Å². The van der Waals surface area contributed by atoms with Crippen molar-refractivity contribution in [2.45, 2.75) is 31.2 Å². The van der Waals surface area contributed by atoms with E-state index in [2.05, 4.69) is 10.0 Å². The summed E-state index contributed by atoms with van der Waals surface area (Å²) in [7, 11) is -3.88. The van der Waals surface area contributed by atoms with Crippen molar-refractivity contribution in [1.82, 2.24) is 4.72 Å². The van der Waals surface area contributed by atoms with Gasteiger partial charge in [0.25, 0.3) is 0 Å². The summed E-state index contributed by atoms with van der Waals surface area (Å²) in [6.45, 7) is 3.51. The van der Waals surface area contributed by atoms with Crippen molar-refractivity contribution < 1.29 is 17.6 Å². The summed E-state index contributed by atoms with van der Waals surface area (Å²) >= 11 is 1.51. The number of thioether (sulfide) groups is 1. The summed E-state index contributed by atoms with van der Waals surface area (Å²) in [4.78, 5) is 12.8. The molecule has 2 N–H and O–H groups in total. The van der Waals surface area contributed by atoms with Gasteiger partial charge < -0.3 is 5.32 Å². The van der Waals surface area contributed by atoms with Crippen LogP contribution in [0, 0.1) is 19.7 Å². The van der Waals surface area contributed by atoms with Gasteiger partial charge in [0.1, 0.15) is 11.9 Å². The summed E-state index contributed by atoms with van der Waals surface area (Å²) in [5, 5.41) is 2.58. The van der Waals surface area contributed by atoms with E-state index in [0.29, 0.717) is 17.7 Å². The predicted molar refractivity (Wildman–Crippen MR) is 108 cm³/mol. The summed E-state index contributed by atoms with van der Waals surface area (Å²) in [6.07, 6.45) is 2.19. The van der Waals surface area contributed by atoms with E-state index in [4.69, 9.17) is 0 Å². The van der Waals surface area contributed by atoms with E-state index < -0.39 is 27.8 Å². The molecule has 27 heavy (non-hydrogen) atoms. The summed E-state index contributed by atoms with van der Waals surface area (Å²) < 4.78 is 41.5. The highest BCUT2D eigenvalue weighted by atomic mass is 32.2. The first-order valence-corrected chi connectivity index (χ1v) is 11.3. The van der Waals surface area contributed by atoms with Crippen LogP contribution in [0.4, 0.5) is 10.1 Å². The Labute approximate surface area is 163 Å². The quantitative estimate of drug-likeness (QED) is 0.699. The molecule has 0 aliphatic carbocycles. The van der Waals surface area contributed by atoms with Crippen molar-refractivity contribution in [3.05, 3.63) is 59.4 Å². The first-order chi connectivity index (χ1) is 12.7. The molecule has 0 heterocycles. The maximum Gasteiger partial charge on any atom is 0.242 e. The lowest BCUT2D eigenvalue weighted by Crippen LogP contribution is -2.44. The van der Waals surface area contributed by atoms with Crippen LogP contribution < -0.4 is 10.0 Å². The van der Waals surface area contributed by atoms with Crippen LogP contribution in [0.2, 0.25) is 0 Å². The molecule has 1 amide bonds. The Morgan fingerprint density at radius 2 is 1.93 bits per heavy atom. The standard InChI is InChI=1S/C19H23FN2O3S2/c1-13-7-8-14(2)18(11-13)27(24,25)22-17(9-10-26-3)19(23)21-16-6-4-5-15(20)12-16/h4-8,11-12,17,22H,9-10H2,1-3H3,(H,21,23)/t17-/m1/s1. The molecule has 0 saturated carbocycles. The van der Waals surface area contributed by atoms with Crippen molar-refractivity contribution in [2.24, 2.45) is 0 Å². The fourth-order valence-electron chi connectivity index (χ4n) is 2.52. The Kier molecular flexibility index (Phi) is 7.41. The molecular formula is C19H23FN2O3S2. The molecule has 0 unspecified atom stereocenters. The fraction of sp³-hybridized carbons (Fsp3) is 0.316. The van der Waals surface area contributed by atoms with Crippen LogP contribution in [0.1, 0.15) is 17.5 Å². The van der Waals surface area contributed by atoms with Gasteiger partial charge in [0.05, 0.1) is 4.90 Å². The Morgan fingerprint density at radius 1 is 1.19 bits per heavy atom. The number of hydrogen-bond donors (Lipinski definition) is 2. The lowest BCUT2D eigenvalue weighted by Gasteiger charge is -2.19. The molecule has 8 heteroatoms. The summed E-state index contributed by atoms with van der Waals surface area (Å²) in [5.41, 5.74) is 1.69. The molecule has 2 aromatic rings. The minimum absolute atomic E-state index is 0.148. The maximum atomic E-state index is 13.3. The van der Waals surface area contributed by atoms with Crippen LogP contribution in [0.25, 0.3) is 0 Å². The number of carbonyl (C=O) groups excluding carboxylic acids is 1. The zero-order valence-corrected chi connectivity index (χ0v) is 17.1. The zero-order valence-electron chi connectivity index (χ0n) is 15.5. The van der Waals surface area contributed by atoms with Crippen LogP contribution >= 0.6 is 11.8 Å². The molecule has 0 radical (unpaired) electrons. The van der Waals surface area contributed by atoms with Crippen LogP contribution in [-0.4, -0.2) is 32.4 Å². The molecule has 0 spiro atoms. The van der Waals surface area contributed by atoms with Gasteiger partial charge in [-0.1, -0.05) is 18.2 Å². The monoisotopic (exact) mass is 410 g/mol. The number of halogens is 1. The molecule has 2 rings (SSSR count). The molecule has 2 aromatic carbocycles. The van der Waals surface area contributed by atoms with E-state index >= 15 is 0 Å². The van der Waals surface area contributed by atoms with Crippen LogP contribution in [0.15, 0.2) is 47.4 Å². The minimum atomic E-state index is -3.88. The van der Waals surface area contributed by atoms with Crippen molar-refractivity contribution in [3.63, 3.8) is 0 Å². The van der Waals surface area contributed by atoms with E-state index in [1.54, 1.807) is 32.0 Å². The number of anilines is 1. The van der Waals surface area contributed by atoms with Crippen molar-refractivity contribution in [2.75, 3.05) is 17.3 Å². The summed E-state index contributed by atoms with van der Waals surface area (Å²) in [6, 6.07) is 9.64. The average molecular weight is 411 g/mol. The van der Waals surface area contributed by atoms with E-state index in [1.807, 2.05) is 12.3 Å². The van der Waals surface area contributed by atoms with E-state index in [9.17, 15) is 17.6 Å². The number of hydrogen-bond acceptors (Lipinski definition) is 4. The Hall–Kier alpha value is -1.90. The highest BCUT2D eigenvalue weighted by Gasteiger charge is 2.26. The molecule has 0 saturated heterocycles. The second kappa shape index (κ2) is 9.34. The molecule has 0 fully saturated rings. The molecule has 146 valence electrons. The third kappa shape index (κ3) is 6.05. The van der Waals surface area contributed by atoms with E-state index in [1.165, 1.54) is 30.0 Å². The van der Waals surface area contributed by atoms with Gasteiger partial charge >= 0.3 is 0 Å². The van der Waals surface area contributed by atoms with Gasteiger partial charge in [0.15, 0.2) is 0 Å². The lowest BCUT2D eigenvalue weighted by atomic mass is 10.2. The lowest BCUT2D eigenvalue weighted by molar-refractivity contribution is -0.117. The molecule has 0 aliphatic rings. The van der Waals surface area contributed by atoms with Gasteiger partial charge in [0.2, 0.25) is 15.9 Å². The average Bonchev–Trinajstić information content (AvgIpc) is 2.60. The Morgan fingerprint density at radius 3 is 2.59 bits per heavy atom. The van der Waals surface area contributed by atoms with Gasteiger partial charge in [-0.05, 0) is 67.7 Å². The van der Waals surface area contributed by atoms with E-state index in [-0.39, 0.29) is 10.6 Å². The predicted octanol–water partition coefficient (Wildman–Crippen LogP) is 3.48. The largest absolute Gasteiger partial charge is 0.325 e. The first-order valence-electron chi connectivity index (χ1n) is 8.38. The minimum Gasteiger partial charge on any atom is -0.325 e. The Bertz CT molecular complexity index is 917. The number of aryl methyl sites for hydroxylation is 2. The Balaban J connectivity index is 2.24. The van der Waals surface area contributed by atoms with Gasteiger partial charge in [0, 0.05) is 5.69 Å². The fourth-order valence-corrected chi connectivity index (χ4v) is 4.55.